The smallest absolute Gasteiger partial charge is 0.0364 e. The Balaban J connectivity index is 4.00. The second-order valence-corrected chi connectivity index (χ2v) is 3.06. The fourth-order valence-electron chi connectivity index (χ4n) is 0.999. The van der Waals surface area contributed by atoms with Crippen molar-refractivity contribution in [2.45, 2.75) is 34.1 Å². The van der Waals surface area contributed by atoms with Crippen molar-refractivity contribution in [3.8, 4) is 0 Å². The molecule has 0 aliphatic carbocycles. The maximum Gasteiger partial charge on any atom is 0.0364 e. The van der Waals surface area contributed by atoms with Crippen LogP contribution in [0.15, 0.2) is 17.1 Å². The van der Waals surface area contributed by atoms with Crippen molar-refractivity contribution in [1.29, 1.82) is 0 Å². The molecule has 0 fully saturated rings. The van der Waals surface area contributed by atoms with Gasteiger partial charge in [-0.25, -0.2) is 0 Å². The van der Waals surface area contributed by atoms with Gasteiger partial charge in [0.1, 0.15) is 0 Å². The van der Waals surface area contributed by atoms with Crippen LogP contribution in [0.1, 0.15) is 34.1 Å². The van der Waals surface area contributed by atoms with E-state index in [1.165, 1.54) is 5.71 Å². The summed E-state index contributed by atoms with van der Waals surface area (Å²) in [4.78, 5) is 4.38. The van der Waals surface area contributed by atoms with E-state index in [4.69, 9.17) is 0 Å². The predicted molar refractivity (Wildman–Crippen MR) is 52.2 cm³/mol. The molecule has 0 aliphatic heterocycles. The van der Waals surface area contributed by atoms with Crippen molar-refractivity contribution in [1.82, 2.24) is 0 Å². The summed E-state index contributed by atoms with van der Waals surface area (Å²) in [6, 6.07) is 0. The Morgan fingerprint density at radius 2 is 2.09 bits per heavy atom. The number of allylic oxidation sites excluding steroid dienone is 2. The van der Waals surface area contributed by atoms with E-state index in [1.54, 1.807) is 0 Å². The molecule has 0 aromatic carbocycles. The van der Waals surface area contributed by atoms with Crippen LogP contribution in [-0.4, -0.2) is 12.3 Å². The molecule has 0 aliphatic rings. The molecule has 0 atom stereocenters. The third-order valence-corrected chi connectivity index (χ3v) is 1.34. The maximum absolute atomic E-state index is 4.38. The van der Waals surface area contributed by atoms with Crippen molar-refractivity contribution in [3.63, 3.8) is 0 Å². The Morgan fingerprint density at radius 3 is 2.45 bits per heavy atom. The van der Waals surface area contributed by atoms with Gasteiger partial charge in [-0.15, -0.1) is 0 Å². The van der Waals surface area contributed by atoms with Crippen molar-refractivity contribution >= 4 is 5.71 Å². The van der Waals surface area contributed by atoms with Gasteiger partial charge in [0.2, 0.25) is 0 Å². The Bertz CT molecular complexity index is 143. The minimum absolute atomic E-state index is 0.705. The quantitative estimate of drug-likeness (QED) is 0.550. The standard InChI is InChI=1S/C10H19N/c1-5-7-10(11-6-2)8-9(3)4/h5,7,9H,6,8H2,1-4H3/b7-5-,11-10?. The van der Waals surface area contributed by atoms with Crippen LogP contribution in [0, 0.1) is 5.92 Å². The molecule has 0 N–H and O–H groups in total. The van der Waals surface area contributed by atoms with E-state index < -0.39 is 0 Å². The number of hydrogen-bond acceptors (Lipinski definition) is 1. The molecule has 0 heterocycles. The first-order chi connectivity index (χ1) is 5.20. The van der Waals surface area contributed by atoms with Crippen LogP contribution in [0.3, 0.4) is 0 Å². The fourth-order valence-corrected chi connectivity index (χ4v) is 0.999. The van der Waals surface area contributed by atoms with Gasteiger partial charge in [0.25, 0.3) is 0 Å². The van der Waals surface area contributed by atoms with Crippen molar-refractivity contribution in [3.05, 3.63) is 12.2 Å². The molecule has 0 unspecified atom stereocenters. The zero-order chi connectivity index (χ0) is 8.69. The highest BCUT2D eigenvalue weighted by molar-refractivity contribution is 5.94. The summed E-state index contributed by atoms with van der Waals surface area (Å²) in [7, 11) is 0. The molecular weight excluding hydrogens is 134 g/mol. The number of nitrogens with zero attached hydrogens (tertiary/aromatic N) is 1. The minimum atomic E-state index is 0.705. The third kappa shape index (κ3) is 5.84. The van der Waals surface area contributed by atoms with Crippen molar-refractivity contribution in [2.24, 2.45) is 10.9 Å². The lowest BCUT2D eigenvalue weighted by Crippen LogP contribution is -2.00. The largest absolute Gasteiger partial charge is 0.290 e. The van der Waals surface area contributed by atoms with Gasteiger partial charge < -0.3 is 0 Å². The van der Waals surface area contributed by atoms with Gasteiger partial charge in [-0.3, -0.25) is 4.99 Å². The fraction of sp³-hybridized carbons (Fsp3) is 0.700. The highest BCUT2D eigenvalue weighted by Gasteiger charge is 1.97. The van der Waals surface area contributed by atoms with E-state index in [1.807, 2.05) is 6.92 Å². The highest BCUT2D eigenvalue weighted by atomic mass is 14.7. The molecule has 0 amide bonds. The van der Waals surface area contributed by atoms with Gasteiger partial charge in [-0.2, -0.15) is 0 Å². The van der Waals surface area contributed by atoms with Gasteiger partial charge in [-0.05, 0) is 32.3 Å². The Hall–Kier alpha value is -0.590. The lowest BCUT2D eigenvalue weighted by atomic mass is 10.1. The zero-order valence-corrected chi connectivity index (χ0v) is 8.09. The first-order valence-electron chi connectivity index (χ1n) is 4.36. The Labute approximate surface area is 70.2 Å². The van der Waals surface area contributed by atoms with Gasteiger partial charge >= 0.3 is 0 Å². The van der Waals surface area contributed by atoms with Crippen LogP contribution in [0.2, 0.25) is 0 Å². The van der Waals surface area contributed by atoms with Gasteiger partial charge in [0, 0.05) is 12.3 Å². The lowest BCUT2D eigenvalue weighted by Gasteiger charge is -2.03. The molecule has 11 heavy (non-hydrogen) atoms. The molecule has 0 aromatic rings. The second-order valence-electron chi connectivity index (χ2n) is 3.06. The molecule has 0 spiro atoms. The first-order valence-corrected chi connectivity index (χ1v) is 4.36. The van der Waals surface area contributed by atoms with Crippen LogP contribution in [0.4, 0.5) is 0 Å². The summed E-state index contributed by atoms with van der Waals surface area (Å²) in [5, 5.41) is 0. The van der Waals surface area contributed by atoms with Gasteiger partial charge in [-0.1, -0.05) is 19.9 Å². The lowest BCUT2D eigenvalue weighted by molar-refractivity contribution is 0.683. The van der Waals surface area contributed by atoms with Crippen LogP contribution >= 0.6 is 0 Å². The zero-order valence-electron chi connectivity index (χ0n) is 8.09. The summed E-state index contributed by atoms with van der Waals surface area (Å²) in [6.07, 6.45) is 5.25. The van der Waals surface area contributed by atoms with E-state index in [0.717, 1.165) is 13.0 Å². The van der Waals surface area contributed by atoms with Crippen molar-refractivity contribution in [2.75, 3.05) is 6.54 Å². The van der Waals surface area contributed by atoms with Crippen LogP contribution < -0.4 is 0 Å². The molecule has 0 bridgehead atoms. The molecule has 0 saturated carbocycles. The highest BCUT2D eigenvalue weighted by Crippen LogP contribution is 2.02. The van der Waals surface area contributed by atoms with Gasteiger partial charge in [0.05, 0.1) is 0 Å². The molecule has 1 nitrogen and oxygen atoms in total. The topological polar surface area (TPSA) is 12.4 Å². The summed E-state index contributed by atoms with van der Waals surface area (Å²) in [5.74, 6) is 0.705. The summed E-state index contributed by atoms with van der Waals surface area (Å²) < 4.78 is 0. The normalized spacial score (nSPS) is 13.4. The number of rotatable bonds is 4. The maximum atomic E-state index is 4.38. The van der Waals surface area contributed by atoms with Crippen LogP contribution in [0.5, 0.6) is 0 Å². The average molecular weight is 153 g/mol. The minimum Gasteiger partial charge on any atom is -0.290 e. The molecule has 0 rings (SSSR count). The number of hydrogen-bond donors (Lipinski definition) is 0. The van der Waals surface area contributed by atoms with E-state index in [9.17, 15) is 0 Å². The summed E-state index contributed by atoms with van der Waals surface area (Å²) in [6.45, 7) is 9.44. The molecule has 0 saturated heterocycles. The first kappa shape index (κ1) is 10.4. The number of aliphatic imine (C=N–C) groups is 1. The predicted octanol–water partition coefficient (Wildman–Crippen LogP) is 3.07. The van der Waals surface area contributed by atoms with E-state index in [-0.39, 0.29) is 0 Å². The monoisotopic (exact) mass is 153 g/mol. The van der Waals surface area contributed by atoms with Crippen LogP contribution in [-0.2, 0) is 0 Å². The Kier molecular flexibility index (Phi) is 5.81. The SMILES string of the molecule is C/C=C\C(CC(C)C)=NCC. The average Bonchev–Trinajstić information content (AvgIpc) is 1.87. The van der Waals surface area contributed by atoms with E-state index in [2.05, 4.69) is 37.9 Å². The molecule has 1 heteroatoms. The third-order valence-electron chi connectivity index (χ3n) is 1.34. The molecule has 0 aromatic heterocycles. The Morgan fingerprint density at radius 1 is 1.45 bits per heavy atom. The van der Waals surface area contributed by atoms with E-state index in [0.29, 0.717) is 5.92 Å². The summed E-state index contributed by atoms with van der Waals surface area (Å²) in [5.41, 5.74) is 1.23. The molecule has 64 valence electrons. The summed E-state index contributed by atoms with van der Waals surface area (Å²) >= 11 is 0. The second kappa shape index (κ2) is 6.14. The van der Waals surface area contributed by atoms with Crippen LogP contribution in [0.25, 0.3) is 0 Å². The van der Waals surface area contributed by atoms with Gasteiger partial charge in [0.15, 0.2) is 0 Å². The molecular formula is C10H19N. The van der Waals surface area contributed by atoms with E-state index >= 15 is 0 Å². The van der Waals surface area contributed by atoms with Crippen molar-refractivity contribution < 1.29 is 0 Å². The molecule has 0 radical (unpaired) electrons.